The molecule has 1 atom stereocenters. The molecule has 12 heavy (non-hydrogen) atoms. The molecule has 0 bridgehead atoms. The van der Waals surface area contributed by atoms with Crippen LogP contribution in [0.3, 0.4) is 0 Å². The van der Waals surface area contributed by atoms with Crippen LogP contribution in [0.2, 0.25) is 0 Å². The third kappa shape index (κ3) is 2.39. The average molecular weight is 174 g/mol. The molecule has 6 heteroatoms. The molecule has 1 aliphatic heterocycles. The highest BCUT2D eigenvalue weighted by Crippen LogP contribution is 1.99. The van der Waals surface area contributed by atoms with Crippen LogP contribution < -0.4 is 11.1 Å². The van der Waals surface area contributed by atoms with Gasteiger partial charge >= 0.3 is 12.1 Å². The van der Waals surface area contributed by atoms with Crippen molar-refractivity contribution in [2.75, 3.05) is 19.7 Å². The van der Waals surface area contributed by atoms with Crippen molar-refractivity contribution in [2.45, 2.75) is 6.10 Å². The number of ether oxygens (including phenoxy) is 2. The fourth-order valence-corrected chi connectivity index (χ4v) is 0.770. The zero-order valence-corrected chi connectivity index (χ0v) is 6.41. The Morgan fingerprint density at radius 1 is 1.83 bits per heavy atom. The van der Waals surface area contributed by atoms with E-state index in [4.69, 9.17) is 5.73 Å². The lowest BCUT2D eigenvalue weighted by molar-refractivity contribution is -0.144. The lowest BCUT2D eigenvalue weighted by Gasteiger charge is -2.07. The van der Waals surface area contributed by atoms with Gasteiger partial charge in [-0.25, -0.2) is 4.79 Å². The van der Waals surface area contributed by atoms with E-state index in [1.54, 1.807) is 0 Å². The fourth-order valence-electron chi connectivity index (χ4n) is 0.770. The molecule has 1 rings (SSSR count). The third-order valence-corrected chi connectivity index (χ3v) is 1.34. The summed E-state index contributed by atoms with van der Waals surface area (Å²) in [6, 6.07) is 0. The molecule has 68 valence electrons. The van der Waals surface area contributed by atoms with Crippen molar-refractivity contribution in [3.8, 4) is 0 Å². The summed E-state index contributed by atoms with van der Waals surface area (Å²) in [7, 11) is 0. The van der Waals surface area contributed by atoms with E-state index in [1.165, 1.54) is 0 Å². The van der Waals surface area contributed by atoms with Crippen molar-refractivity contribution in [3.05, 3.63) is 0 Å². The number of nitrogens with one attached hydrogen (secondary N) is 1. The van der Waals surface area contributed by atoms with Gasteiger partial charge in [0.25, 0.3) is 0 Å². The largest absolute Gasteiger partial charge is 0.461 e. The minimum atomic E-state index is -0.502. The Morgan fingerprint density at radius 3 is 3.08 bits per heavy atom. The van der Waals surface area contributed by atoms with Crippen LogP contribution in [0.5, 0.6) is 0 Å². The van der Waals surface area contributed by atoms with Crippen LogP contribution >= 0.6 is 0 Å². The monoisotopic (exact) mass is 174 g/mol. The van der Waals surface area contributed by atoms with Crippen molar-refractivity contribution >= 4 is 12.1 Å². The summed E-state index contributed by atoms with van der Waals surface area (Å²) in [5.41, 5.74) is 4.99. The Morgan fingerprint density at radius 2 is 2.58 bits per heavy atom. The number of hydrogen-bond acceptors (Lipinski definition) is 5. The highest BCUT2D eigenvalue weighted by molar-refractivity contribution is 5.71. The zero-order chi connectivity index (χ0) is 8.97. The molecule has 0 aromatic heterocycles. The number of hydrogen-bond donors (Lipinski definition) is 2. The Bertz CT molecular complexity index is 194. The summed E-state index contributed by atoms with van der Waals surface area (Å²) in [4.78, 5) is 21.0. The summed E-state index contributed by atoms with van der Waals surface area (Å²) < 4.78 is 9.33. The number of rotatable bonds is 3. The molecule has 0 spiro atoms. The molecule has 0 aliphatic carbocycles. The number of nitrogens with two attached hydrogens (primary N) is 1. The Labute approximate surface area is 69.0 Å². The highest BCUT2D eigenvalue weighted by Gasteiger charge is 2.23. The second-order valence-corrected chi connectivity index (χ2v) is 2.30. The fraction of sp³-hybridized carbons (Fsp3) is 0.667. The molecular weight excluding hydrogens is 164 g/mol. The van der Waals surface area contributed by atoms with Gasteiger partial charge in [-0.1, -0.05) is 0 Å². The van der Waals surface area contributed by atoms with Crippen LogP contribution in [0.25, 0.3) is 0 Å². The Balaban J connectivity index is 2.16. The maximum Gasteiger partial charge on any atom is 0.407 e. The van der Waals surface area contributed by atoms with Crippen molar-refractivity contribution < 1.29 is 19.1 Å². The van der Waals surface area contributed by atoms with E-state index in [0.29, 0.717) is 6.54 Å². The standard InChI is InChI=1S/C6H10N2O4/c7-1-5(9)11-3-4-2-8-6(10)12-4/h4H,1-3,7H2,(H,8,10). The van der Waals surface area contributed by atoms with Crippen LogP contribution in [0, 0.1) is 0 Å². The van der Waals surface area contributed by atoms with Gasteiger partial charge in [0.05, 0.1) is 13.1 Å². The van der Waals surface area contributed by atoms with Gasteiger partial charge in [-0.3, -0.25) is 4.79 Å². The van der Waals surface area contributed by atoms with Crippen molar-refractivity contribution in [2.24, 2.45) is 5.73 Å². The van der Waals surface area contributed by atoms with Gasteiger partial charge in [0.15, 0.2) is 6.10 Å². The summed E-state index contributed by atoms with van der Waals surface area (Å²) >= 11 is 0. The molecule has 1 heterocycles. The maximum absolute atomic E-state index is 10.5. The van der Waals surface area contributed by atoms with Crippen LogP contribution in [-0.4, -0.2) is 37.9 Å². The SMILES string of the molecule is NCC(=O)OCC1CNC(=O)O1. The molecule has 1 aliphatic rings. The van der Waals surface area contributed by atoms with Crippen molar-refractivity contribution in [3.63, 3.8) is 0 Å². The zero-order valence-electron chi connectivity index (χ0n) is 6.41. The number of esters is 1. The lowest BCUT2D eigenvalue weighted by atomic mass is 10.4. The van der Waals surface area contributed by atoms with E-state index in [-0.39, 0.29) is 19.3 Å². The average Bonchev–Trinajstić information content (AvgIpc) is 2.47. The first-order chi connectivity index (χ1) is 5.72. The van der Waals surface area contributed by atoms with Gasteiger partial charge in [0.2, 0.25) is 0 Å². The highest BCUT2D eigenvalue weighted by atomic mass is 16.6. The molecule has 3 N–H and O–H groups in total. The van der Waals surface area contributed by atoms with E-state index in [0.717, 1.165) is 0 Å². The van der Waals surface area contributed by atoms with Crippen LogP contribution in [0.15, 0.2) is 0 Å². The van der Waals surface area contributed by atoms with E-state index < -0.39 is 12.1 Å². The second-order valence-electron chi connectivity index (χ2n) is 2.30. The van der Waals surface area contributed by atoms with Gasteiger partial charge < -0.3 is 20.5 Å². The van der Waals surface area contributed by atoms with Crippen LogP contribution in [-0.2, 0) is 14.3 Å². The normalized spacial score (nSPS) is 21.4. The van der Waals surface area contributed by atoms with Gasteiger partial charge in [0.1, 0.15) is 6.61 Å². The quantitative estimate of drug-likeness (QED) is 0.513. The lowest BCUT2D eigenvalue weighted by Crippen LogP contribution is -2.25. The van der Waals surface area contributed by atoms with Crippen LogP contribution in [0.1, 0.15) is 0 Å². The number of carbonyl (C=O) groups excluding carboxylic acids is 2. The smallest absolute Gasteiger partial charge is 0.407 e. The minimum absolute atomic E-state index is 0.0643. The van der Waals surface area contributed by atoms with Crippen molar-refractivity contribution in [1.82, 2.24) is 5.32 Å². The molecule has 0 aromatic rings. The van der Waals surface area contributed by atoms with E-state index in [2.05, 4.69) is 14.8 Å². The molecular formula is C6H10N2O4. The molecule has 0 radical (unpaired) electrons. The van der Waals surface area contributed by atoms with E-state index in [9.17, 15) is 9.59 Å². The molecule has 1 saturated heterocycles. The molecule has 0 saturated carbocycles. The molecule has 1 fully saturated rings. The Hall–Kier alpha value is -1.30. The molecule has 0 aromatic carbocycles. The van der Waals surface area contributed by atoms with Gasteiger partial charge in [-0.2, -0.15) is 0 Å². The van der Waals surface area contributed by atoms with Gasteiger partial charge in [-0.05, 0) is 0 Å². The first-order valence-electron chi connectivity index (χ1n) is 3.52. The predicted octanol–water partition coefficient (Wildman–Crippen LogP) is -1.40. The number of carbonyl (C=O) groups is 2. The summed E-state index contributed by atoms with van der Waals surface area (Å²) in [6.45, 7) is 0.277. The molecule has 6 nitrogen and oxygen atoms in total. The van der Waals surface area contributed by atoms with E-state index in [1.807, 2.05) is 0 Å². The molecule has 1 unspecified atom stereocenters. The predicted molar refractivity (Wildman–Crippen MR) is 38.3 cm³/mol. The number of amides is 1. The Kier molecular flexibility index (Phi) is 2.87. The molecule has 1 amide bonds. The van der Waals surface area contributed by atoms with E-state index >= 15 is 0 Å². The van der Waals surface area contributed by atoms with Gasteiger partial charge in [0, 0.05) is 0 Å². The van der Waals surface area contributed by atoms with Crippen LogP contribution in [0.4, 0.5) is 4.79 Å². The van der Waals surface area contributed by atoms with Crippen molar-refractivity contribution in [1.29, 1.82) is 0 Å². The third-order valence-electron chi connectivity index (χ3n) is 1.34. The second kappa shape index (κ2) is 3.91. The summed E-state index contributed by atoms with van der Waals surface area (Å²) in [5, 5.41) is 2.43. The topological polar surface area (TPSA) is 90.7 Å². The minimum Gasteiger partial charge on any atom is -0.461 e. The summed E-state index contributed by atoms with van der Waals surface area (Å²) in [5.74, 6) is -0.502. The summed E-state index contributed by atoms with van der Waals surface area (Å²) in [6.07, 6.45) is -0.864. The van der Waals surface area contributed by atoms with Gasteiger partial charge in [-0.15, -0.1) is 0 Å². The first kappa shape index (κ1) is 8.79. The maximum atomic E-state index is 10.5. The number of alkyl carbamates (subject to hydrolysis) is 1. The first-order valence-corrected chi connectivity index (χ1v) is 3.52. The number of cyclic esters (lactones) is 1.